The van der Waals surface area contributed by atoms with Gasteiger partial charge in [-0.1, -0.05) is 0 Å². The summed E-state index contributed by atoms with van der Waals surface area (Å²) in [6, 6.07) is 2.43. The molecule has 7 nitrogen and oxygen atoms in total. The highest BCUT2D eigenvalue weighted by Gasteiger charge is 2.41. The number of fused-ring (bicyclic) bond motifs is 1. The molecular formula is C17H11F6N5O2. The topological polar surface area (TPSA) is 91.1 Å². The van der Waals surface area contributed by atoms with Crippen molar-refractivity contribution >= 4 is 17.4 Å². The van der Waals surface area contributed by atoms with E-state index in [1.54, 1.807) is 0 Å². The Bertz CT molecular complexity index is 1020. The number of alkyl halides is 6. The van der Waals surface area contributed by atoms with Crippen LogP contribution in [0.4, 0.5) is 37.8 Å². The van der Waals surface area contributed by atoms with Crippen LogP contribution in [-0.2, 0) is 17.1 Å². The highest BCUT2D eigenvalue weighted by atomic mass is 19.4. The molecule has 0 spiro atoms. The van der Waals surface area contributed by atoms with Gasteiger partial charge >= 0.3 is 12.4 Å². The first kappa shape index (κ1) is 21.2. The van der Waals surface area contributed by atoms with Crippen molar-refractivity contribution in [3.05, 3.63) is 41.3 Å². The quantitative estimate of drug-likeness (QED) is 0.751. The maximum absolute atomic E-state index is 13.2. The Hall–Kier alpha value is -3.56. The molecule has 0 saturated carbocycles. The normalized spacial score (nSPS) is 13.8. The minimum atomic E-state index is -5.23. The molecule has 1 aliphatic rings. The van der Waals surface area contributed by atoms with Crippen LogP contribution in [-0.4, -0.2) is 35.6 Å². The fraction of sp³-hybridized carbons (Fsp3) is 0.294. The van der Waals surface area contributed by atoms with E-state index in [1.165, 1.54) is 29.4 Å². The monoisotopic (exact) mass is 431 g/mol. The minimum absolute atomic E-state index is 0.104. The van der Waals surface area contributed by atoms with E-state index in [2.05, 4.69) is 15.3 Å². The summed E-state index contributed by atoms with van der Waals surface area (Å²) in [7, 11) is 0. The van der Waals surface area contributed by atoms with Gasteiger partial charge in [0, 0.05) is 6.20 Å². The number of aromatic nitrogens is 2. The molecule has 0 aliphatic carbocycles. The average molecular weight is 431 g/mol. The van der Waals surface area contributed by atoms with Crippen molar-refractivity contribution in [3.63, 3.8) is 0 Å². The summed E-state index contributed by atoms with van der Waals surface area (Å²) >= 11 is 0. The fourth-order valence-corrected chi connectivity index (χ4v) is 2.74. The van der Waals surface area contributed by atoms with Crippen LogP contribution < -0.4 is 15.0 Å². The number of nitrogens with zero attached hydrogens (tertiary/aromatic N) is 4. The zero-order valence-electron chi connectivity index (χ0n) is 14.8. The number of rotatable bonds is 3. The smallest absolute Gasteiger partial charge is 0.433 e. The van der Waals surface area contributed by atoms with E-state index in [4.69, 9.17) is 10.00 Å². The molecule has 1 N–H and O–H groups in total. The van der Waals surface area contributed by atoms with Crippen LogP contribution in [0.5, 0.6) is 5.75 Å². The second-order valence-electron chi connectivity index (χ2n) is 5.98. The Morgan fingerprint density at radius 3 is 2.63 bits per heavy atom. The average Bonchev–Trinajstić information content (AvgIpc) is 2.69. The van der Waals surface area contributed by atoms with Gasteiger partial charge in [-0.3, -0.25) is 9.78 Å². The lowest BCUT2D eigenvalue weighted by atomic mass is 10.1. The second kappa shape index (κ2) is 7.69. The summed E-state index contributed by atoms with van der Waals surface area (Å²) in [5.74, 6) is -1.37. The fourth-order valence-electron chi connectivity index (χ4n) is 2.74. The van der Waals surface area contributed by atoms with Crippen LogP contribution in [0.3, 0.4) is 0 Å². The molecule has 13 heteroatoms. The maximum atomic E-state index is 13.2. The van der Waals surface area contributed by atoms with Gasteiger partial charge in [-0.2, -0.15) is 31.6 Å². The molecule has 0 saturated heterocycles. The van der Waals surface area contributed by atoms with Gasteiger partial charge in [0.1, 0.15) is 29.8 Å². The van der Waals surface area contributed by atoms with Gasteiger partial charge in [0.15, 0.2) is 5.75 Å². The molecule has 0 fully saturated rings. The van der Waals surface area contributed by atoms with Gasteiger partial charge in [-0.25, -0.2) is 4.98 Å². The van der Waals surface area contributed by atoms with Gasteiger partial charge in [-0.15, -0.1) is 0 Å². The Balaban J connectivity index is 1.92. The Kier molecular flexibility index (Phi) is 5.43. The number of ether oxygens (including phenoxy) is 1. The van der Waals surface area contributed by atoms with E-state index < -0.39 is 47.4 Å². The first-order valence-electron chi connectivity index (χ1n) is 8.23. The van der Waals surface area contributed by atoms with E-state index in [-0.39, 0.29) is 19.2 Å². The summed E-state index contributed by atoms with van der Waals surface area (Å²) in [5.41, 5.74) is -4.44. The summed E-state index contributed by atoms with van der Waals surface area (Å²) < 4.78 is 83.8. The maximum Gasteiger partial charge on any atom is 0.433 e. The minimum Gasteiger partial charge on any atom is -0.488 e. The lowest BCUT2D eigenvalue weighted by Crippen LogP contribution is -2.41. The van der Waals surface area contributed by atoms with Gasteiger partial charge in [0.25, 0.3) is 0 Å². The zero-order valence-corrected chi connectivity index (χ0v) is 14.8. The Labute approximate surface area is 164 Å². The van der Waals surface area contributed by atoms with Crippen LogP contribution in [0.1, 0.15) is 16.8 Å². The van der Waals surface area contributed by atoms with Crippen LogP contribution in [0.25, 0.3) is 0 Å². The van der Waals surface area contributed by atoms with E-state index in [9.17, 15) is 31.1 Å². The van der Waals surface area contributed by atoms with Crippen LogP contribution in [0.15, 0.2) is 24.5 Å². The third kappa shape index (κ3) is 4.22. The highest BCUT2D eigenvalue weighted by molar-refractivity contribution is 5.97. The number of anilines is 2. The van der Waals surface area contributed by atoms with Crippen molar-refractivity contribution in [2.24, 2.45) is 0 Å². The number of amides is 1. The van der Waals surface area contributed by atoms with Crippen molar-refractivity contribution in [1.29, 1.82) is 5.26 Å². The van der Waals surface area contributed by atoms with Crippen molar-refractivity contribution in [2.75, 3.05) is 29.9 Å². The number of hydrogen-bond acceptors (Lipinski definition) is 6. The molecule has 0 bridgehead atoms. The molecule has 1 aliphatic heterocycles. The van der Waals surface area contributed by atoms with Crippen LogP contribution in [0.2, 0.25) is 0 Å². The van der Waals surface area contributed by atoms with Crippen molar-refractivity contribution in [1.82, 2.24) is 9.97 Å². The summed E-state index contributed by atoms with van der Waals surface area (Å²) in [6.07, 6.45) is -7.67. The molecule has 0 unspecified atom stereocenters. The molecule has 0 atom stereocenters. The molecule has 3 heterocycles. The Morgan fingerprint density at radius 1 is 1.27 bits per heavy atom. The largest absolute Gasteiger partial charge is 0.488 e. The molecule has 0 radical (unpaired) electrons. The molecule has 2 aromatic rings. The van der Waals surface area contributed by atoms with Crippen molar-refractivity contribution < 1.29 is 35.9 Å². The van der Waals surface area contributed by atoms with E-state index in [0.29, 0.717) is 11.4 Å². The van der Waals surface area contributed by atoms with Crippen LogP contribution in [0, 0.1) is 11.3 Å². The second-order valence-corrected chi connectivity index (χ2v) is 5.98. The first-order valence-corrected chi connectivity index (χ1v) is 8.23. The Morgan fingerprint density at radius 2 is 2.00 bits per heavy atom. The number of carbonyl (C=O) groups is 1. The molecule has 1 amide bonds. The third-order valence-electron chi connectivity index (χ3n) is 4.06. The van der Waals surface area contributed by atoms with E-state index >= 15 is 0 Å². The predicted octanol–water partition coefficient (Wildman–Crippen LogP) is 3.22. The summed E-state index contributed by atoms with van der Waals surface area (Å²) in [6.45, 7) is -0.484. The first-order chi connectivity index (χ1) is 14.0. The summed E-state index contributed by atoms with van der Waals surface area (Å²) in [4.78, 5) is 20.7. The zero-order chi connectivity index (χ0) is 22.1. The number of carbonyl (C=O) groups excluding carboxylic acids is 1. The molecule has 0 aromatic carbocycles. The SMILES string of the molecule is N#Cc1c(C(F)(F)F)cc(C(F)(F)F)nc1NCC(=O)N1CCOc2cnccc21. The predicted molar refractivity (Wildman–Crippen MR) is 89.5 cm³/mol. The lowest BCUT2D eigenvalue weighted by Gasteiger charge is -2.29. The van der Waals surface area contributed by atoms with E-state index in [0.717, 1.165) is 0 Å². The van der Waals surface area contributed by atoms with Crippen LogP contribution >= 0.6 is 0 Å². The van der Waals surface area contributed by atoms with Gasteiger partial charge < -0.3 is 15.0 Å². The van der Waals surface area contributed by atoms with Gasteiger partial charge in [-0.05, 0) is 12.1 Å². The third-order valence-corrected chi connectivity index (χ3v) is 4.06. The highest BCUT2D eigenvalue weighted by Crippen LogP contribution is 2.38. The lowest BCUT2D eigenvalue weighted by molar-refractivity contribution is -0.145. The number of nitriles is 1. The van der Waals surface area contributed by atoms with Gasteiger partial charge in [0.05, 0.1) is 30.5 Å². The summed E-state index contributed by atoms with van der Waals surface area (Å²) in [5, 5.41) is 11.2. The molecule has 3 rings (SSSR count). The standard InChI is InChI=1S/C17H11F6N5O2/c18-16(19,20)10-5-13(17(21,22)23)27-15(9(10)6-24)26-8-14(29)28-3-4-30-12-7-25-2-1-11(12)28/h1-2,5,7H,3-4,8H2,(H,26,27). The molecule has 158 valence electrons. The number of nitrogens with one attached hydrogen (secondary N) is 1. The molecular weight excluding hydrogens is 420 g/mol. The number of hydrogen-bond donors (Lipinski definition) is 1. The van der Waals surface area contributed by atoms with E-state index in [1.807, 2.05) is 0 Å². The van der Waals surface area contributed by atoms with Crippen molar-refractivity contribution in [3.8, 4) is 11.8 Å². The van der Waals surface area contributed by atoms with Crippen molar-refractivity contribution in [2.45, 2.75) is 12.4 Å². The molecule has 30 heavy (non-hydrogen) atoms. The molecule has 2 aromatic heterocycles. The number of halogens is 6. The number of pyridine rings is 2. The van der Waals surface area contributed by atoms with Gasteiger partial charge in [0.2, 0.25) is 5.91 Å².